The van der Waals surface area contributed by atoms with Gasteiger partial charge in [0.05, 0.1) is 0 Å². The highest BCUT2D eigenvalue weighted by Gasteiger charge is 2.15. The van der Waals surface area contributed by atoms with Crippen LogP contribution in [0.5, 0.6) is 0 Å². The van der Waals surface area contributed by atoms with E-state index in [1.165, 1.54) is 12.4 Å². The van der Waals surface area contributed by atoms with Crippen LogP contribution in [0.25, 0.3) is 11.3 Å². The molecule has 0 bridgehead atoms. The van der Waals surface area contributed by atoms with Gasteiger partial charge in [0.25, 0.3) is 6.43 Å². The number of halogens is 2. The molecule has 0 aliphatic carbocycles. The van der Waals surface area contributed by atoms with Crippen molar-refractivity contribution in [1.29, 1.82) is 10.8 Å². The summed E-state index contributed by atoms with van der Waals surface area (Å²) in [6, 6.07) is 8.82. The monoisotopic (exact) mass is 248 g/mol. The van der Waals surface area contributed by atoms with E-state index in [1.807, 2.05) is 6.07 Å². The van der Waals surface area contributed by atoms with Crippen LogP contribution < -0.4 is 5.49 Å². The van der Waals surface area contributed by atoms with E-state index in [0.717, 1.165) is 4.57 Å². The Kier molecular flexibility index (Phi) is 3.27. The Morgan fingerprint density at radius 1 is 1.22 bits per heavy atom. The third-order valence-corrected chi connectivity index (χ3v) is 2.40. The number of hydrogen-bond donors (Lipinski definition) is 2. The van der Waals surface area contributed by atoms with Crippen molar-refractivity contribution in [2.45, 2.75) is 6.43 Å². The van der Waals surface area contributed by atoms with E-state index in [0.29, 0.717) is 5.56 Å². The van der Waals surface area contributed by atoms with E-state index < -0.39 is 12.3 Å². The fourth-order valence-electron chi connectivity index (χ4n) is 1.54. The molecule has 0 atom stereocenters. The molecule has 1 aromatic heterocycles. The number of nitrogens with zero attached hydrogens (tertiary/aromatic N) is 2. The van der Waals surface area contributed by atoms with Crippen molar-refractivity contribution in [2.75, 3.05) is 0 Å². The highest BCUT2D eigenvalue weighted by atomic mass is 19.3. The van der Waals surface area contributed by atoms with Crippen molar-refractivity contribution in [2.24, 2.45) is 0 Å². The molecular weight excluding hydrogens is 238 g/mol. The van der Waals surface area contributed by atoms with Gasteiger partial charge >= 0.3 is 0 Å². The third kappa shape index (κ3) is 2.17. The summed E-state index contributed by atoms with van der Waals surface area (Å²) in [5.74, 6) is -0.931. The lowest BCUT2D eigenvalue weighted by molar-refractivity contribution is 0.219. The predicted molar refractivity (Wildman–Crippen MR) is 62.6 cm³/mol. The molecule has 0 saturated heterocycles. The van der Waals surface area contributed by atoms with Gasteiger partial charge in [0.1, 0.15) is 5.69 Å². The Balaban J connectivity index is 2.56. The lowest BCUT2D eigenvalue weighted by Gasteiger charge is -2.09. The molecule has 6 heteroatoms. The predicted octanol–water partition coefficient (Wildman–Crippen LogP) is 2.12. The lowest BCUT2D eigenvalue weighted by atomic mass is 10.1. The zero-order valence-corrected chi connectivity index (χ0v) is 9.27. The zero-order valence-electron chi connectivity index (χ0n) is 9.27. The van der Waals surface area contributed by atoms with Gasteiger partial charge in [-0.3, -0.25) is 20.4 Å². The van der Waals surface area contributed by atoms with Gasteiger partial charge in [-0.2, -0.15) is 0 Å². The van der Waals surface area contributed by atoms with Gasteiger partial charge in [-0.15, -0.1) is 0 Å². The molecule has 2 N–H and O–H groups in total. The van der Waals surface area contributed by atoms with E-state index in [1.54, 1.807) is 24.3 Å². The number of benzene rings is 1. The molecule has 0 spiro atoms. The maximum atomic E-state index is 12.5. The Morgan fingerprint density at radius 2 is 1.89 bits per heavy atom. The average Bonchev–Trinajstić information content (AvgIpc) is 2.39. The van der Waals surface area contributed by atoms with Crippen LogP contribution >= 0.6 is 0 Å². The number of aromatic nitrogens is 2. The van der Waals surface area contributed by atoms with Crippen LogP contribution in [0.3, 0.4) is 0 Å². The summed E-state index contributed by atoms with van der Waals surface area (Å²) in [4.78, 5) is 4.00. The molecule has 4 nitrogen and oxygen atoms in total. The molecule has 1 aromatic carbocycles. The minimum atomic E-state index is -2.93. The van der Waals surface area contributed by atoms with E-state index in [4.69, 9.17) is 10.8 Å². The van der Waals surface area contributed by atoms with Crippen molar-refractivity contribution in [3.8, 4) is 11.3 Å². The maximum Gasteiger partial charge on any atom is 0.295 e. The summed E-state index contributed by atoms with van der Waals surface area (Å²) in [5.41, 5.74) is 0.691. The van der Waals surface area contributed by atoms with Crippen molar-refractivity contribution in [3.63, 3.8) is 0 Å². The highest BCUT2D eigenvalue weighted by molar-refractivity contribution is 5.84. The van der Waals surface area contributed by atoms with Crippen LogP contribution in [-0.2, 0) is 0 Å². The second kappa shape index (κ2) is 4.87. The zero-order chi connectivity index (χ0) is 13.1. The topological polar surface area (TPSA) is 65.5 Å². The molecule has 0 fully saturated rings. The molecule has 18 heavy (non-hydrogen) atoms. The molecule has 1 heterocycles. The van der Waals surface area contributed by atoms with Gasteiger partial charge in [0.2, 0.25) is 0 Å². The summed E-state index contributed by atoms with van der Waals surface area (Å²) >= 11 is 0. The van der Waals surface area contributed by atoms with Gasteiger partial charge < -0.3 is 0 Å². The van der Waals surface area contributed by atoms with Crippen molar-refractivity contribution < 1.29 is 8.78 Å². The van der Waals surface area contributed by atoms with Crippen LogP contribution in [0.15, 0.2) is 42.7 Å². The summed E-state index contributed by atoms with van der Waals surface area (Å²) in [6.45, 7) is 0. The Bertz CT molecular complexity index is 619. The second-order valence-corrected chi connectivity index (χ2v) is 3.55. The number of nitrogens with one attached hydrogen (secondary N) is 2. The van der Waals surface area contributed by atoms with Gasteiger partial charge in [-0.05, 0) is 0 Å². The molecule has 0 unspecified atom stereocenters. The minimum Gasteiger partial charge on any atom is -0.283 e. The highest BCUT2D eigenvalue weighted by Crippen LogP contribution is 2.11. The quantitative estimate of drug-likeness (QED) is 0.620. The van der Waals surface area contributed by atoms with Gasteiger partial charge in [0, 0.05) is 18.0 Å². The number of hydrogen-bond acceptors (Lipinski definition) is 3. The van der Waals surface area contributed by atoms with Crippen molar-refractivity contribution in [1.82, 2.24) is 9.55 Å². The molecule has 2 aromatic rings. The lowest BCUT2D eigenvalue weighted by Crippen LogP contribution is -2.32. The molecule has 2 rings (SSSR count). The molecule has 0 amide bonds. The molecular formula is C12H10F2N4. The Morgan fingerprint density at radius 3 is 2.50 bits per heavy atom. The standard InChI is InChI=1S/C12H10F2N4/c13-10(14)12(16)18-7-6-17-9(11(18)15)8-4-2-1-3-5-8/h1-7,10,15-16H. The maximum absolute atomic E-state index is 12.5. The molecule has 0 aliphatic rings. The first-order chi connectivity index (χ1) is 8.61. The van der Waals surface area contributed by atoms with Crippen LogP contribution in [-0.4, -0.2) is 21.8 Å². The molecule has 0 saturated carbocycles. The summed E-state index contributed by atoms with van der Waals surface area (Å²) in [5, 5.41) is 15.1. The van der Waals surface area contributed by atoms with E-state index in [-0.39, 0.29) is 11.2 Å². The van der Waals surface area contributed by atoms with Crippen LogP contribution in [0.4, 0.5) is 8.78 Å². The first-order valence-corrected chi connectivity index (χ1v) is 5.16. The van der Waals surface area contributed by atoms with E-state index >= 15 is 0 Å². The fraction of sp³-hybridized carbons (Fsp3) is 0.0833. The third-order valence-electron chi connectivity index (χ3n) is 2.40. The Labute approximate surface area is 102 Å². The van der Waals surface area contributed by atoms with Crippen LogP contribution in [0.2, 0.25) is 0 Å². The SMILES string of the molecule is N=C(C(F)F)n1ccnc(-c2ccccc2)c1=N. The average molecular weight is 248 g/mol. The van der Waals surface area contributed by atoms with Crippen molar-refractivity contribution in [3.05, 3.63) is 48.2 Å². The summed E-state index contributed by atoms with van der Waals surface area (Å²) < 4.78 is 25.8. The van der Waals surface area contributed by atoms with Crippen LogP contribution in [0, 0.1) is 10.8 Å². The number of alkyl halides is 2. The van der Waals surface area contributed by atoms with E-state index in [2.05, 4.69) is 4.98 Å². The fourth-order valence-corrected chi connectivity index (χ4v) is 1.54. The van der Waals surface area contributed by atoms with Gasteiger partial charge in [-0.25, -0.2) is 8.78 Å². The first kappa shape index (κ1) is 12.1. The first-order valence-electron chi connectivity index (χ1n) is 5.16. The smallest absolute Gasteiger partial charge is 0.283 e. The van der Waals surface area contributed by atoms with Gasteiger partial charge in [0.15, 0.2) is 11.3 Å². The normalized spacial score (nSPS) is 10.6. The molecule has 0 radical (unpaired) electrons. The summed E-state index contributed by atoms with van der Waals surface area (Å²) in [6.07, 6.45) is -0.439. The molecule has 0 aliphatic heterocycles. The molecule has 92 valence electrons. The number of rotatable bonds is 2. The largest absolute Gasteiger partial charge is 0.295 e. The minimum absolute atomic E-state index is 0.228. The summed E-state index contributed by atoms with van der Waals surface area (Å²) in [7, 11) is 0. The van der Waals surface area contributed by atoms with Gasteiger partial charge in [-0.1, -0.05) is 30.3 Å². The second-order valence-electron chi connectivity index (χ2n) is 3.55. The Hall–Kier alpha value is -2.37. The van der Waals surface area contributed by atoms with Crippen LogP contribution in [0.1, 0.15) is 0 Å². The van der Waals surface area contributed by atoms with Crippen molar-refractivity contribution >= 4 is 5.84 Å². The van der Waals surface area contributed by atoms with E-state index in [9.17, 15) is 8.78 Å².